The number of anilines is 5. The number of nitrogens with one attached hydrogen (secondary N) is 2. The molecule has 3 heterocycles. The molecule has 2 N–H and O–H groups in total. The number of rotatable bonds is 8. The maximum atomic E-state index is 13.3. The molecule has 0 atom stereocenters. The number of fused-ring (bicyclic) bond motifs is 1. The van der Waals surface area contributed by atoms with Crippen LogP contribution in [0.15, 0.2) is 47.3 Å². The summed E-state index contributed by atoms with van der Waals surface area (Å²) in [4.78, 5) is 11.6. The van der Waals surface area contributed by atoms with Crippen LogP contribution in [0.3, 0.4) is 0 Å². The third-order valence-corrected chi connectivity index (χ3v) is 9.66. The Hall–Kier alpha value is -3.40. The van der Waals surface area contributed by atoms with Crippen LogP contribution in [0.1, 0.15) is 11.1 Å². The molecule has 1 saturated heterocycles. The molecule has 214 valence electrons. The van der Waals surface area contributed by atoms with Gasteiger partial charge >= 0.3 is 0 Å². The fourth-order valence-corrected chi connectivity index (χ4v) is 7.35. The molecule has 1 aliphatic carbocycles. The zero-order valence-corrected chi connectivity index (χ0v) is 26.1. The highest BCUT2D eigenvalue weighted by atomic mass is 79.9. The fraction of sp³-hybridized carbons (Fsp3) is 0.345. The summed E-state index contributed by atoms with van der Waals surface area (Å²) in [5.41, 5.74) is 7.08. The largest absolute Gasteiger partial charge is 0.494 e. The van der Waals surface area contributed by atoms with Crippen molar-refractivity contribution >= 4 is 57.2 Å². The van der Waals surface area contributed by atoms with E-state index in [9.17, 15) is 4.57 Å². The highest BCUT2D eigenvalue weighted by Gasteiger charge is 2.28. The number of aromatic nitrogens is 4. The van der Waals surface area contributed by atoms with Gasteiger partial charge in [-0.1, -0.05) is 6.07 Å². The average molecular weight is 639 g/mol. The molecule has 1 fully saturated rings. The van der Waals surface area contributed by atoms with Crippen LogP contribution >= 0.6 is 23.1 Å². The van der Waals surface area contributed by atoms with E-state index >= 15 is 0 Å². The highest BCUT2D eigenvalue weighted by molar-refractivity contribution is 9.10. The molecule has 2 aromatic heterocycles. The smallest absolute Gasteiger partial charge is 0.229 e. The van der Waals surface area contributed by atoms with Gasteiger partial charge in [-0.15, -0.1) is 0 Å². The normalized spacial score (nSPS) is 14.8. The monoisotopic (exact) mass is 637 g/mol. The van der Waals surface area contributed by atoms with Crippen molar-refractivity contribution in [3.63, 3.8) is 0 Å². The van der Waals surface area contributed by atoms with Gasteiger partial charge < -0.3 is 29.6 Å². The summed E-state index contributed by atoms with van der Waals surface area (Å²) in [5, 5.41) is 12.1. The van der Waals surface area contributed by atoms with Crippen molar-refractivity contribution in [2.75, 3.05) is 62.3 Å². The number of hydrogen-bond donors (Lipinski definition) is 2. The zero-order valence-electron chi connectivity index (χ0n) is 23.6. The number of halogens is 1. The standard InChI is InChI=1S/C29H33BrN7O3P/c1-36-17-19(15-32-36)21-13-24(26(39-2)14-25(21)37-9-11-40-12-10-37)34-29-31-16-22(30)28(35-29)33-23-8-6-18-5-7-20(18)27(23)41(3,4)38/h6,8,13-17H,5,7,9-12H2,1-4H3,(H2,31,33,34,35). The van der Waals surface area contributed by atoms with E-state index in [4.69, 9.17) is 14.5 Å². The van der Waals surface area contributed by atoms with Crippen molar-refractivity contribution in [3.8, 4) is 16.9 Å². The van der Waals surface area contributed by atoms with Gasteiger partial charge in [0.25, 0.3) is 0 Å². The number of hydrogen-bond acceptors (Lipinski definition) is 9. The van der Waals surface area contributed by atoms with Crippen LogP contribution in [-0.4, -0.2) is 66.5 Å². The molecule has 12 heteroatoms. The Labute approximate surface area is 248 Å². The lowest BCUT2D eigenvalue weighted by Gasteiger charge is -2.31. The van der Waals surface area contributed by atoms with Crippen molar-refractivity contribution in [1.29, 1.82) is 0 Å². The van der Waals surface area contributed by atoms with Gasteiger partial charge in [0.1, 0.15) is 18.7 Å². The summed E-state index contributed by atoms with van der Waals surface area (Å²) in [6.07, 6.45) is 7.54. The minimum atomic E-state index is -2.52. The van der Waals surface area contributed by atoms with Gasteiger partial charge in [-0.25, -0.2) is 4.98 Å². The molecule has 0 spiro atoms. The Morgan fingerprint density at radius 3 is 2.54 bits per heavy atom. The van der Waals surface area contributed by atoms with Gasteiger partial charge in [0.2, 0.25) is 5.95 Å². The molecular formula is C29H33BrN7O3P. The van der Waals surface area contributed by atoms with E-state index in [0.29, 0.717) is 35.2 Å². The maximum Gasteiger partial charge on any atom is 0.229 e. The van der Waals surface area contributed by atoms with Crippen LogP contribution in [-0.2, 0) is 29.2 Å². The van der Waals surface area contributed by atoms with Crippen molar-refractivity contribution in [2.45, 2.75) is 12.8 Å². The third kappa shape index (κ3) is 5.58. The minimum absolute atomic E-state index is 0.395. The number of aryl methyl sites for hydroxylation is 2. The molecule has 10 nitrogen and oxygen atoms in total. The molecule has 0 amide bonds. The number of morpholine rings is 1. The van der Waals surface area contributed by atoms with Crippen LogP contribution in [0, 0.1) is 0 Å². The second-order valence-electron chi connectivity index (χ2n) is 10.7. The lowest BCUT2D eigenvalue weighted by molar-refractivity contribution is 0.122. The van der Waals surface area contributed by atoms with Crippen LogP contribution < -0.4 is 25.6 Å². The van der Waals surface area contributed by atoms with Gasteiger partial charge in [-0.3, -0.25) is 4.68 Å². The Kier molecular flexibility index (Phi) is 7.52. The van der Waals surface area contributed by atoms with Crippen molar-refractivity contribution in [1.82, 2.24) is 19.7 Å². The number of benzene rings is 2. The molecule has 0 radical (unpaired) electrons. The summed E-state index contributed by atoms with van der Waals surface area (Å²) in [7, 11) is 1.04. The minimum Gasteiger partial charge on any atom is -0.494 e. The van der Waals surface area contributed by atoms with E-state index in [2.05, 4.69) is 53.7 Å². The summed E-state index contributed by atoms with van der Waals surface area (Å²) < 4.78 is 27.2. The summed E-state index contributed by atoms with van der Waals surface area (Å²) in [5.74, 6) is 1.64. The second kappa shape index (κ2) is 11.1. The molecule has 6 rings (SSSR count). The Morgan fingerprint density at radius 1 is 1.07 bits per heavy atom. The van der Waals surface area contributed by atoms with Crippen molar-refractivity contribution in [3.05, 3.63) is 58.5 Å². The molecule has 41 heavy (non-hydrogen) atoms. The van der Waals surface area contributed by atoms with Crippen LogP contribution in [0.2, 0.25) is 0 Å². The summed E-state index contributed by atoms with van der Waals surface area (Å²) >= 11 is 3.59. The second-order valence-corrected chi connectivity index (χ2v) is 14.7. The Morgan fingerprint density at radius 2 is 1.88 bits per heavy atom. The van der Waals surface area contributed by atoms with E-state index in [1.165, 1.54) is 11.1 Å². The van der Waals surface area contributed by atoms with Gasteiger partial charge in [-0.05, 0) is 65.4 Å². The molecular weight excluding hydrogens is 605 g/mol. The van der Waals surface area contributed by atoms with E-state index < -0.39 is 7.14 Å². The highest BCUT2D eigenvalue weighted by Crippen LogP contribution is 2.44. The van der Waals surface area contributed by atoms with Crippen molar-refractivity contribution < 1.29 is 14.0 Å². The molecule has 1 aliphatic heterocycles. The summed E-state index contributed by atoms with van der Waals surface area (Å²) in [6.45, 7) is 6.58. The molecule has 0 bridgehead atoms. The molecule has 2 aromatic carbocycles. The van der Waals surface area contributed by atoms with Gasteiger partial charge in [0, 0.05) is 60.7 Å². The first-order valence-electron chi connectivity index (χ1n) is 13.5. The SMILES string of the molecule is COc1cc(N2CCOCC2)c(-c2cnn(C)c2)cc1Nc1ncc(Br)c(Nc2ccc3c(c2P(C)(C)=O)CC3)n1. The van der Waals surface area contributed by atoms with Gasteiger partial charge in [0.05, 0.1) is 42.4 Å². The Bertz CT molecular complexity index is 1660. The maximum absolute atomic E-state index is 13.3. The van der Waals surface area contributed by atoms with E-state index in [-0.39, 0.29) is 0 Å². The predicted octanol–water partition coefficient (Wildman–Crippen LogP) is 5.32. The van der Waals surface area contributed by atoms with Crippen LogP contribution in [0.4, 0.5) is 28.8 Å². The summed E-state index contributed by atoms with van der Waals surface area (Å²) in [6, 6.07) is 8.21. The first kappa shape index (κ1) is 27.8. The van der Waals surface area contributed by atoms with Gasteiger partial charge in [-0.2, -0.15) is 10.1 Å². The first-order valence-corrected chi connectivity index (χ1v) is 16.9. The van der Waals surface area contributed by atoms with E-state index in [0.717, 1.165) is 59.4 Å². The molecule has 0 unspecified atom stereocenters. The van der Waals surface area contributed by atoms with Gasteiger partial charge in [0.15, 0.2) is 0 Å². The Balaban J connectivity index is 1.36. The number of ether oxygens (including phenoxy) is 2. The van der Waals surface area contributed by atoms with Crippen molar-refractivity contribution in [2.24, 2.45) is 7.05 Å². The molecule has 0 saturated carbocycles. The van der Waals surface area contributed by atoms with E-state index in [1.54, 1.807) is 18.0 Å². The first-order chi connectivity index (χ1) is 19.7. The molecule has 4 aromatic rings. The quantitative estimate of drug-likeness (QED) is 0.248. The predicted molar refractivity (Wildman–Crippen MR) is 167 cm³/mol. The number of nitrogens with zero attached hydrogens (tertiary/aromatic N) is 5. The topological polar surface area (TPSA) is 106 Å². The fourth-order valence-electron chi connectivity index (χ4n) is 5.45. The zero-order chi connectivity index (χ0) is 28.7. The van der Waals surface area contributed by atoms with Crippen LogP contribution in [0.5, 0.6) is 5.75 Å². The average Bonchev–Trinajstić information content (AvgIpc) is 3.37. The third-order valence-electron chi connectivity index (χ3n) is 7.49. The lowest BCUT2D eigenvalue weighted by Crippen LogP contribution is -2.36. The molecule has 2 aliphatic rings. The van der Waals surface area contributed by atoms with E-state index in [1.807, 2.05) is 44.9 Å². The number of methoxy groups -OCH3 is 1. The lowest BCUT2D eigenvalue weighted by atomic mass is 9.88. The van der Waals surface area contributed by atoms with Crippen LogP contribution in [0.25, 0.3) is 11.1 Å².